The molecule has 16 heavy (non-hydrogen) atoms. The molecular formula is C11H15BrN2O2. The molecule has 0 fully saturated rings. The number of hydrogen-bond acceptors (Lipinski definition) is 3. The first-order valence-electron chi connectivity index (χ1n) is 4.97. The summed E-state index contributed by atoms with van der Waals surface area (Å²) in [5, 5.41) is 2.73. The van der Waals surface area contributed by atoms with Crippen LogP contribution in [-0.2, 0) is 9.53 Å². The molecule has 4 nitrogen and oxygen atoms in total. The van der Waals surface area contributed by atoms with Crippen molar-refractivity contribution < 1.29 is 9.53 Å². The van der Waals surface area contributed by atoms with Gasteiger partial charge in [0.05, 0.1) is 11.4 Å². The van der Waals surface area contributed by atoms with E-state index < -0.39 is 0 Å². The lowest BCUT2D eigenvalue weighted by atomic mass is 10.1. The summed E-state index contributed by atoms with van der Waals surface area (Å²) in [7, 11) is 0. The zero-order valence-electron chi connectivity index (χ0n) is 9.34. The maximum atomic E-state index is 11.5. The molecule has 0 aromatic heterocycles. The molecule has 0 saturated heterocycles. The molecule has 5 heteroatoms. The monoisotopic (exact) mass is 286 g/mol. The van der Waals surface area contributed by atoms with Crippen molar-refractivity contribution in [1.29, 1.82) is 0 Å². The van der Waals surface area contributed by atoms with Crippen LogP contribution in [0.5, 0.6) is 0 Å². The predicted molar refractivity (Wildman–Crippen MR) is 68.4 cm³/mol. The Bertz CT molecular complexity index is 371. The van der Waals surface area contributed by atoms with Crippen LogP contribution in [0.1, 0.15) is 12.5 Å². The van der Waals surface area contributed by atoms with Crippen LogP contribution in [0.15, 0.2) is 16.6 Å². The van der Waals surface area contributed by atoms with E-state index in [1.165, 1.54) is 0 Å². The van der Waals surface area contributed by atoms with Gasteiger partial charge in [-0.1, -0.05) is 15.9 Å². The van der Waals surface area contributed by atoms with Crippen LogP contribution in [0, 0.1) is 6.92 Å². The van der Waals surface area contributed by atoms with E-state index in [0.717, 1.165) is 10.0 Å². The second kappa shape index (κ2) is 5.86. The number of ether oxygens (including phenoxy) is 1. The summed E-state index contributed by atoms with van der Waals surface area (Å²) >= 11 is 3.34. The Morgan fingerprint density at radius 1 is 1.56 bits per heavy atom. The highest BCUT2D eigenvalue weighted by atomic mass is 79.9. The fourth-order valence-corrected chi connectivity index (χ4v) is 1.90. The molecule has 0 atom stereocenters. The van der Waals surface area contributed by atoms with Gasteiger partial charge in [0.25, 0.3) is 0 Å². The standard InChI is InChI=1S/C11H15BrN2O2/c1-3-16-6-10(15)14-11-7(2)4-8(12)5-9(11)13/h4-5H,3,6,13H2,1-2H3,(H,14,15). The summed E-state index contributed by atoms with van der Waals surface area (Å²) in [6.07, 6.45) is 0. The van der Waals surface area contributed by atoms with Crippen molar-refractivity contribution in [3.63, 3.8) is 0 Å². The lowest BCUT2D eigenvalue weighted by Crippen LogP contribution is -2.19. The lowest BCUT2D eigenvalue weighted by molar-refractivity contribution is -0.120. The topological polar surface area (TPSA) is 64.3 Å². The molecule has 0 aliphatic carbocycles. The van der Waals surface area contributed by atoms with Gasteiger partial charge < -0.3 is 15.8 Å². The van der Waals surface area contributed by atoms with Gasteiger partial charge in [0.15, 0.2) is 0 Å². The maximum Gasteiger partial charge on any atom is 0.250 e. The minimum atomic E-state index is -0.195. The summed E-state index contributed by atoms with van der Waals surface area (Å²) in [6, 6.07) is 3.65. The summed E-state index contributed by atoms with van der Waals surface area (Å²) in [4.78, 5) is 11.5. The number of halogens is 1. The van der Waals surface area contributed by atoms with Crippen LogP contribution < -0.4 is 11.1 Å². The summed E-state index contributed by atoms with van der Waals surface area (Å²) in [5.74, 6) is -0.195. The van der Waals surface area contributed by atoms with Crippen molar-refractivity contribution in [3.8, 4) is 0 Å². The van der Waals surface area contributed by atoms with E-state index in [-0.39, 0.29) is 12.5 Å². The number of aryl methyl sites for hydroxylation is 1. The molecular weight excluding hydrogens is 272 g/mol. The van der Waals surface area contributed by atoms with Crippen LogP contribution in [0.25, 0.3) is 0 Å². The molecule has 1 rings (SSSR count). The van der Waals surface area contributed by atoms with E-state index in [9.17, 15) is 4.79 Å². The van der Waals surface area contributed by atoms with Gasteiger partial charge in [0.2, 0.25) is 5.91 Å². The third-order valence-electron chi connectivity index (χ3n) is 2.03. The highest BCUT2D eigenvalue weighted by Gasteiger charge is 2.08. The number of nitrogens with two attached hydrogens (primary N) is 1. The van der Waals surface area contributed by atoms with Crippen molar-refractivity contribution in [1.82, 2.24) is 0 Å². The van der Waals surface area contributed by atoms with E-state index in [1.54, 1.807) is 6.07 Å². The van der Waals surface area contributed by atoms with Gasteiger partial charge >= 0.3 is 0 Å². The average molecular weight is 287 g/mol. The van der Waals surface area contributed by atoms with Crippen LogP contribution in [-0.4, -0.2) is 19.1 Å². The third kappa shape index (κ3) is 3.50. The van der Waals surface area contributed by atoms with Gasteiger partial charge in [-0.2, -0.15) is 0 Å². The minimum absolute atomic E-state index is 0.0471. The maximum absolute atomic E-state index is 11.5. The SMILES string of the molecule is CCOCC(=O)Nc1c(C)cc(Br)cc1N. The first-order chi connectivity index (χ1) is 7.54. The minimum Gasteiger partial charge on any atom is -0.397 e. The molecule has 88 valence electrons. The van der Waals surface area contributed by atoms with Gasteiger partial charge in [-0.3, -0.25) is 4.79 Å². The number of nitrogens with one attached hydrogen (secondary N) is 1. The van der Waals surface area contributed by atoms with Crippen molar-refractivity contribution in [2.45, 2.75) is 13.8 Å². The highest BCUT2D eigenvalue weighted by Crippen LogP contribution is 2.27. The second-order valence-corrected chi connectivity index (χ2v) is 4.29. The highest BCUT2D eigenvalue weighted by molar-refractivity contribution is 9.10. The third-order valence-corrected chi connectivity index (χ3v) is 2.49. The number of rotatable bonds is 4. The molecule has 3 N–H and O–H groups in total. The largest absolute Gasteiger partial charge is 0.397 e. The van der Waals surface area contributed by atoms with Crippen LogP contribution >= 0.6 is 15.9 Å². The Morgan fingerprint density at radius 2 is 2.25 bits per heavy atom. The van der Waals surface area contributed by atoms with Gasteiger partial charge in [0.1, 0.15) is 6.61 Å². The van der Waals surface area contributed by atoms with Crippen molar-refractivity contribution in [2.75, 3.05) is 24.3 Å². The average Bonchev–Trinajstić information content (AvgIpc) is 2.20. The quantitative estimate of drug-likeness (QED) is 0.835. The first-order valence-corrected chi connectivity index (χ1v) is 5.77. The number of amides is 1. The molecule has 0 spiro atoms. The molecule has 0 aliphatic heterocycles. The molecule has 1 aromatic rings. The zero-order valence-corrected chi connectivity index (χ0v) is 10.9. The van der Waals surface area contributed by atoms with E-state index in [4.69, 9.17) is 10.5 Å². The lowest BCUT2D eigenvalue weighted by Gasteiger charge is -2.11. The van der Waals surface area contributed by atoms with E-state index >= 15 is 0 Å². The van der Waals surface area contributed by atoms with E-state index in [2.05, 4.69) is 21.2 Å². The summed E-state index contributed by atoms with van der Waals surface area (Å²) in [6.45, 7) is 4.29. The van der Waals surface area contributed by atoms with Gasteiger partial charge in [-0.05, 0) is 31.5 Å². The fourth-order valence-electron chi connectivity index (χ4n) is 1.31. The number of carbonyl (C=O) groups is 1. The van der Waals surface area contributed by atoms with Crippen molar-refractivity contribution >= 4 is 33.2 Å². The number of anilines is 2. The molecule has 1 amide bonds. The smallest absolute Gasteiger partial charge is 0.250 e. The van der Waals surface area contributed by atoms with Crippen LogP contribution in [0.4, 0.5) is 11.4 Å². The Balaban J connectivity index is 2.77. The predicted octanol–water partition coefficient (Wildman–Crippen LogP) is 2.31. The molecule has 0 saturated carbocycles. The molecule has 0 unspecified atom stereocenters. The van der Waals surface area contributed by atoms with Crippen molar-refractivity contribution in [2.24, 2.45) is 0 Å². The van der Waals surface area contributed by atoms with Crippen LogP contribution in [0.3, 0.4) is 0 Å². The van der Waals surface area contributed by atoms with E-state index in [0.29, 0.717) is 18.0 Å². The van der Waals surface area contributed by atoms with Crippen LogP contribution in [0.2, 0.25) is 0 Å². The number of carbonyl (C=O) groups excluding carboxylic acids is 1. The first kappa shape index (κ1) is 13.0. The zero-order chi connectivity index (χ0) is 12.1. The van der Waals surface area contributed by atoms with Gasteiger partial charge in [-0.15, -0.1) is 0 Å². The molecule has 0 bridgehead atoms. The van der Waals surface area contributed by atoms with E-state index in [1.807, 2.05) is 19.9 Å². The Kier molecular flexibility index (Phi) is 4.76. The number of nitrogen functional groups attached to an aromatic ring is 1. The second-order valence-electron chi connectivity index (χ2n) is 3.37. The molecule has 0 heterocycles. The molecule has 1 aromatic carbocycles. The summed E-state index contributed by atoms with van der Waals surface area (Å²) in [5.41, 5.74) is 7.91. The fraction of sp³-hybridized carbons (Fsp3) is 0.364. The number of benzene rings is 1. The number of hydrogen-bond donors (Lipinski definition) is 2. The molecule has 0 aliphatic rings. The summed E-state index contributed by atoms with van der Waals surface area (Å²) < 4.78 is 5.90. The normalized spacial score (nSPS) is 10.2. The molecule has 0 radical (unpaired) electrons. The van der Waals surface area contributed by atoms with Gasteiger partial charge in [-0.25, -0.2) is 0 Å². The van der Waals surface area contributed by atoms with Gasteiger partial charge in [0, 0.05) is 11.1 Å². The Hall–Kier alpha value is -1.07. The van der Waals surface area contributed by atoms with Crippen molar-refractivity contribution in [3.05, 3.63) is 22.2 Å². The Morgan fingerprint density at radius 3 is 2.81 bits per heavy atom. The Labute approximate surface area is 103 Å².